The number of non-ortho nitro benzene ring substituents is 1. The summed E-state index contributed by atoms with van der Waals surface area (Å²) >= 11 is 0. The van der Waals surface area contributed by atoms with Crippen LogP contribution in [-0.4, -0.2) is 27.6 Å². The number of anilines is 1. The van der Waals surface area contributed by atoms with Crippen LogP contribution in [0.25, 0.3) is 0 Å². The fraction of sp³-hybridized carbons (Fsp3) is 0.412. The lowest BCUT2D eigenvalue weighted by molar-refractivity contribution is -0.384. The fourth-order valence-electron chi connectivity index (χ4n) is 3.00. The minimum Gasteiger partial charge on any atom is -0.342 e. The van der Waals surface area contributed by atoms with Crippen molar-refractivity contribution >= 4 is 11.6 Å². The van der Waals surface area contributed by atoms with Crippen molar-refractivity contribution in [2.24, 2.45) is 0 Å². The number of benzene rings is 1. The molecule has 0 unspecified atom stereocenters. The van der Waals surface area contributed by atoms with Gasteiger partial charge in [0.2, 0.25) is 5.95 Å². The summed E-state index contributed by atoms with van der Waals surface area (Å²) in [5.41, 5.74) is 1.50. The van der Waals surface area contributed by atoms with Crippen molar-refractivity contribution in [3.05, 3.63) is 62.1 Å². The molecule has 1 saturated heterocycles. The molecular weight excluding hydrogens is 308 g/mol. The molecule has 0 aliphatic carbocycles. The molecule has 3 rings (SSSR count). The Balaban J connectivity index is 1.94. The fourth-order valence-corrected chi connectivity index (χ4v) is 3.00. The third-order valence-electron chi connectivity index (χ3n) is 4.24. The highest BCUT2D eigenvalue weighted by Crippen LogP contribution is 2.19. The highest BCUT2D eigenvalue weighted by molar-refractivity contribution is 5.36. The van der Waals surface area contributed by atoms with Gasteiger partial charge in [-0.15, -0.1) is 0 Å². The van der Waals surface area contributed by atoms with Crippen LogP contribution in [0, 0.1) is 17.0 Å². The summed E-state index contributed by atoms with van der Waals surface area (Å²) in [4.78, 5) is 29.5. The van der Waals surface area contributed by atoms with E-state index < -0.39 is 4.92 Å². The highest BCUT2D eigenvalue weighted by Gasteiger charge is 2.18. The van der Waals surface area contributed by atoms with Gasteiger partial charge in [-0.05, 0) is 31.7 Å². The number of hydrogen-bond donors (Lipinski definition) is 0. The maximum atomic E-state index is 12.5. The maximum absolute atomic E-state index is 12.5. The van der Waals surface area contributed by atoms with Crippen molar-refractivity contribution in [2.45, 2.75) is 32.7 Å². The Hall–Kier alpha value is -2.70. The molecule has 0 radical (unpaired) electrons. The molecular formula is C17H20N4O3. The molecule has 1 fully saturated rings. The monoisotopic (exact) mass is 328 g/mol. The zero-order valence-corrected chi connectivity index (χ0v) is 13.6. The van der Waals surface area contributed by atoms with Crippen LogP contribution in [0.1, 0.15) is 30.5 Å². The van der Waals surface area contributed by atoms with E-state index in [1.54, 1.807) is 16.7 Å². The number of nitrogens with zero attached hydrogens (tertiary/aromatic N) is 4. The van der Waals surface area contributed by atoms with Gasteiger partial charge < -0.3 is 4.90 Å². The molecule has 2 aromatic rings. The molecule has 0 atom stereocenters. The van der Waals surface area contributed by atoms with E-state index in [-0.39, 0.29) is 11.2 Å². The summed E-state index contributed by atoms with van der Waals surface area (Å²) in [6.07, 6.45) is 3.40. The van der Waals surface area contributed by atoms with Crippen LogP contribution in [0.4, 0.5) is 11.6 Å². The average Bonchev–Trinajstić information content (AvgIpc) is 2.58. The molecule has 0 spiro atoms. The summed E-state index contributed by atoms with van der Waals surface area (Å²) in [6.45, 7) is 3.98. The molecule has 1 aromatic carbocycles. The summed E-state index contributed by atoms with van der Waals surface area (Å²) in [6, 6.07) is 7.82. The van der Waals surface area contributed by atoms with Gasteiger partial charge in [0.1, 0.15) is 0 Å². The van der Waals surface area contributed by atoms with Gasteiger partial charge in [0.05, 0.1) is 11.5 Å². The molecule has 7 heteroatoms. The zero-order valence-electron chi connectivity index (χ0n) is 13.6. The molecule has 1 aromatic heterocycles. The van der Waals surface area contributed by atoms with Crippen LogP contribution in [0.2, 0.25) is 0 Å². The molecule has 0 saturated carbocycles. The van der Waals surface area contributed by atoms with E-state index in [2.05, 4.69) is 9.88 Å². The quantitative estimate of drug-likeness (QED) is 0.636. The highest BCUT2D eigenvalue weighted by atomic mass is 16.6. The predicted octanol–water partition coefficient (Wildman–Crippen LogP) is 2.50. The Labute approximate surface area is 139 Å². The third kappa shape index (κ3) is 3.45. The topological polar surface area (TPSA) is 81.3 Å². The average molecular weight is 328 g/mol. The van der Waals surface area contributed by atoms with E-state index in [9.17, 15) is 14.9 Å². The van der Waals surface area contributed by atoms with Gasteiger partial charge in [-0.25, -0.2) is 4.98 Å². The van der Waals surface area contributed by atoms with Crippen molar-refractivity contribution < 1.29 is 4.92 Å². The molecule has 24 heavy (non-hydrogen) atoms. The lowest BCUT2D eigenvalue weighted by atomic mass is 10.1. The maximum Gasteiger partial charge on any atom is 0.269 e. The first kappa shape index (κ1) is 16.2. The number of piperidine rings is 1. The van der Waals surface area contributed by atoms with Crippen molar-refractivity contribution in [1.82, 2.24) is 9.55 Å². The number of nitro benzene ring substituents is 1. The van der Waals surface area contributed by atoms with Gasteiger partial charge in [-0.1, -0.05) is 12.1 Å². The Morgan fingerprint density at radius 1 is 1.17 bits per heavy atom. The van der Waals surface area contributed by atoms with Crippen molar-refractivity contribution in [3.63, 3.8) is 0 Å². The molecule has 2 heterocycles. The van der Waals surface area contributed by atoms with Crippen LogP contribution in [0.3, 0.4) is 0 Å². The second-order valence-corrected chi connectivity index (χ2v) is 6.09. The van der Waals surface area contributed by atoms with Crippen LogP contribution in [0.5, 0.6) is 0 Å². The van der Waals surface area contributed by atoms with Crippen LogP contribution in [-0.2, 0) is 6.54 Å². The Morgan fingerprint density at radius 3 is 2.46 bits per heavy atom. The van der Waals surface area contributed by atoms with E-state index in [1.165, 1.54) is 24.6 Å². The summed E-state index contributed by atoms with van der Waals surface area (Å²) in [5.74, 6) is 0.693. The number of nitro groups is 1. The van der Waals surface area contributed by atoms with Gasteiger partial charge >= 0.3 is 0 Å². The molecule has 126 valence electrons. The standard InChI is InChI=1S/C17H20N4O3/c1-13-11-16(22)20(17(18-13)19-9-3-2-4-10-19)12-14-5-7-15(8-6-14)21(23)24/h5-8,11H,2-4,9-10,12H2,1H3. The van der Waals surface area contributed by atoms with Crippen LogP contribution >= 0.6 is 0 Å². The van der Waals surface area contributed by atoms with E-state index in [1.807, 2.05) is 6.92 Å². The smallest absolute Gasteiger partial charge is 0.269 e. The lowest BCUT2D eigenvalue weighted by Crippen LogP contribution is -2.36. The Kier molecular flexibility index (Phi) is 4.59. The van der Waals surface area contributed by atoms with E-state index >= 15 is 0 Å². The number of hydrogen-bond acceptors (Lipinski definition) is 5. The number of aromatic nitrogens is 2. The second kappa shape index (κ2) is 6.82. The van der Waals surface area contributed by atoms with Crippen LogP contribution in [0.15, 0.2) is 35.1 Å². The van der Waals surface area contributed by atoms with Gasteiger partial charge in [-0.2, -0.15) is 0 Å². The van der Waals surface area contributed by atoms with E-state index in [0.29, 0.717) is 18.2 Å². The summed E-state index contributed by atoms with van der Waals surface area (Å²) in [7, 11) is 0. The van der Waals surface area contributed by atoms with Gasteiger partial charge in [0, 0.05) is 37.0 Å². The lowest BCUT2D eigenvalue weighted by Gasteiger charge is -2.29. The zero-order chi connectivity index (χ0) is 17.1. The van der Waals surface area contributed by atoms with Crippen molar-refractivity contribution in [1.29, 1.82) is 0 Å². The Morgan fingerprint density at radius 2 is 1.83 bits per heavy atom. The molecule has 1 aliphatic heterocycles. The molecule has 0 amide bonds. The largest absolute Gasteiger partial charge is 0.342 e. The van der Waals surface area contributed by atoms with E-state index in [4.69, 9.17) is 0 Å². The number of aryl methyl sites for hydroxylation is 1. The predicted molar refractivity (Wildman–Crippen MR) is 91.5 cm³/mol. The van der Waals surface area contributed by atoms with E-state index in [0.717, 1.165) is 31.5 Å². The van der Waals surface area contributed by atoms with Crippen LogP contribution < -0.4 is 10.5 Å². The summed E-state index contributed by atoms with van der Waals surface area (Å²) < 4.78 is 1.65. The Bertz CT molecular complexity index is 792. The molecule has 0 N–H and O–H groups in total. The first-order valence-electron chi connectivity index (χ1n) is 8.11. The van der Waals surface area contributed by atoms with Gasteiger partial charge in [0.15, 0.2) is 0 Å². The van der Waals surface area contributed by atoms with Gasteiger partial charge in [0.25, 0.3) is 11.2 Å². The normalized spacial score (nSPS) is 14.6. The minimum atomic E-state index is -0.428. The number of rotatable bonds is 4. The third-order valence-corrected chi connectivity index (χ3v) is 4.24. The van der Waals surface area contributed by atoms with Gasteiger partial charge in [-0.3, -0.25) is 19.5 Å². The first-order valence-corrected chi connectivity index (χ1v) is 8.11. The first-order chi connectivity index (χ1) is 11.5. The second-order valence-electron chi connectivity index (χ2n) is 6.09. The molecule has 7 nitrogen and oxygen atoms in total. The molecule has 0 bridgehead atoms. The van der Waals surface area contributed by atoms with Crippen molar-refractivity contribution in [2.75, 3.05) is 18.0 Å². The molecule has 1 aliphatic rings. The van der Waals surface area contributed by atoms with Crippen molar-refractivity contribution in [3.8, 4) is 0 Å². The minimum absolute atomic E-state index is 0.0457. The summed E-state index contributed by atoms with van der Waals surface area (Å²) in [5, 5.41) is 10.8. The SMILES string of the molecule is Cc1cc(=O)n(Cc2ccc([N+](=O)[O-])cc2)c(N2CCCCC2)n1.